The number of piperidine rings is 1. The fraction of sp³-hybridized carbons (Fsp3) is 0.429. The largest absolute Gasteiger partial charge is 0.343 e. The third kappa shape index (κ3) is 4.52. The van der Waals surface area contributed by atoms with Crippen LogP contribution in [0.3, 0.4) is 0 Å². The van der Waals surface area contributed by atoms with E-state index in [9.17, 15) is 14.0 Å². The van der Waals surface area contributed by atoms with E-state index in [0.29, 0.717) is 31.0 Å². The number of hydrogen-bond donors (Lipinski definition) is 0. The van der Waals surface area contributed by atoms with Gasteiger partial charge >= 0.3 is 0 Å². The Kier molecular flexibility index (Phi) is 6.02. The minimum absolute atomic E-state index is 0.111. The Morgan fingerprint density at radius 2 is 2.00 bits per heavy atom. The number of halogens is 1. The molecule has 2 aromatic rings. The van der Waals surface area contributed by atoms with E-state index in [1.54, 1.807) is 44.1 Å². The van der Waals surface area contributed by atoms with Crippen LogP contribution in [0.4, 0.5) is 4.39 Å². The molecule has 6 nitrogen and oxygen atoms in total. The predicted octanol–water partition coefficient (Wildman–Crippen LogP) is 2.72. The Bertz CT molecular complexity index is 884. The van der Waals surface area contributed by atoms with Crippen molar-refractivity contribution >= 4 is 11.8 Å². The SMILES string of the molecule is Cc1nc(C[C@H]2CCCN(C(=O)c3ccccc3F)C2)cc(C(=O)N(C)C)n1. The van der Waals surface area contributed by atoms with Gasteiger partial charge in [0.2, 0.25) is 0 Å². The van der Waals surface area contributed by atoms with Crippen LogP contribution in [0, 0.1) is 18.7 Å². The molecule has 28 heavy (non-hydrogen) atoms. The number of likely N-dealkylation sites (tertiary alicyclic amines) is 1. The molecular formula is C21H25FN4O2. The Morgan fingerprint density at radius 1 is 1.25 bits per heavy atom. The first-order valence-electron chi connectivity index (χ1n) is 9.45. The van der Waals surface area contributed by atoms with Crippen molar-refractivity contribution in [2.75, 3.05) is 27.2 Å². The average molecular weight is 384 g/mol. The number of carbonyl (C=O) groups excluding carboxylic acids is 2. The molecule has 0 aliphatic carbocycles. The number of hydrogen-bond acceptors (Lipinski definition) is 4. The van der Waals surface area contributed by atoms with Crippen molar-refractivity contribution in [1.82, 2.24) is 19.8 Å². The van der Waals surface area contributed by atoms with Gasteiger partial charge in [0.05, 0.1) is 5.56 Å². The van der Waals surface area contributed by atoms with Gasteiger partial charge in [-0.3, -0.25) is 9.59 Å². The van der Waals surface area contributed by atoms with Crippen LogP contribution in [-0.4, -0.2) is 58.8 Å². The maximum absolute atomic E-state index is 14.0. The number of carbonyl (C=O) groups is 2. The van der Waals surface area contributed by atoms with Crippen molar-refractivity contribution in [1.29, 1.82) is 0 Å². The first-order valence-corrected chi connectivity index (χ1v) is 9.45. The number of nitrogens with zero attached hydrogens (tertiary/aromatic N) is 4. The monoisotopic (exact) mass is 384 g/mol. The smallest absolute Gasteiger partial charge is 0.272 e. The van der Waals surface area contributed by atoms with Crippen LogP contribution in [0.1, 0.15) is 45.2 Å². The second-order valence-electron chi connectivity index (χ2n) is 7.43. The van der Waals surface area contributed by atoms with Crippen molar-refractivity contribution < 1.29 is 14.0 Å². The minimum Gasteiger partial charge on any atom is -0.343 e. The molecule has 148 valence electrons. The van der Waals surface area contributed by atoms with Gasteiger partial charge < -0.3 is 9.80 Å². The molecule has 1 saturated heterocycles. The Hall–Kier alpha value is -2.83. The van der Waals surface area contributed by atoms with E-state index in [4.69, 9.17) is 0 Å². The van der Waals surface area contributed by atoms with E-state index >= 15 is 0 Å². The molecule has 7 heteroatoms. The zero-order valence-corrected chi connectivity index (χ0v) is 16.5. The van der Waals surface area contributed by atoms with E-state index in [-0.39, 0.29) is 23.3 Å². The number of benzene rings is 1. The van der Waals surface area contributed by atoms with E-state index < -0.39 is 5.82 Å². The zero-order valence-electron chi connectivity index (χ0n) is 16.5. The third-order valence-electron chi connectivity index (χ3n) is 4.92. The van der Waals surface area contributed by atoms with Crippen LogP contribution in [-0.2, 0) is 6.42 Å². The van der Waals surface area contributed by atoms with Crippen molar-refractivity contribution in [3.63, 3.8) is 0 Å². The lowest BCUT2D eigenvalue weighted by atomic mass is 9.92. The summed E-state index contributed by atoms with van der Waals surface area (Å²) in [4.78, 5) is 36.8. The molecule has 1 atom stereocenters. The molecule has 1 fully saturated rings. The van der Waals surface area contributed by atoms with Gasteiger partial charge in [-0.15, -0.1) is 0 Å². The quantitative estimate of drug-likeness (QED) is 0.813. The first-order chi connectivity index (χ1) is 13.3. The second kappa shape index (κ2) is 8.46. The highest BCUT2D eigenvalue weighted by Gasteiger charge is 2.26. The molecule has 2 heterocycles. The minimum atomic E-state index is -0.493. The summed E-state index contributed by atoms with van der Waals surface area (Å²) in [6.45, 7) is 2.94. The standard InChI is InChI=1S/C21H25FN4O2/c1-14-23-16(12-19(24-14)21(28)25(2)3)11-15-7-6-10-26(13-15)20(27)17-8-4-5-9-18(17)22/h4-5,8-9,12,15H,6-7,10-11,13H2,1-3H3/t15-/m1/s1. The van der Waals surface area contributed by atoms with Crippen molar-refractivity contribution in [2.45, 2.75) is 26.2 Å². The topological polar surface area (TPSA) is 66.4 Å². The lowest BCUT2D eigenvalue weighted by Gasteiger charge is -2.33. The molecule has 1 aromatic carbocycles. The maximum Gasteiger partial charge on any atom is 0.272 e. The first kappa shape index (κ1) is 19.9. The van der Waals surface area contributed by atoms with Crippen LogP contribution in [0.5, 0.6) is 0 Å². The Morgan fingerprint density at radius 3 is 2.71 bits per heavy atom. The number of rotatable bonds is 4. The van der Waals surface area contributed by atoms with Gasteiger partial charge in [0, 0.05) is 32.9 Å². The van der Waals surface area contributed by atoms with Crippen LogP contribution >= 0.6 is 0 Å². The maximum atomic E-state index is 14.0. The molecule has 2 amide bonds. The molecular weight excluding hydrogens is 359 g/mol. The predicted molar refractivity (Wildman–Crippen MR) is 104 cm³/mol. The van der Waals surface area contributed by atoms with Crippen molar-refractivity contribution in [3.8, 4) is 0 Å². The van der Waals surface area contributed by atoms with Gasteiger partial charge in [-0.1, -0.05) is 12.1 Å². The van der Waals surface area contributed by atoms with Crippen LogP contribution in [0.2, 0.25) is 0 Å². The van der Waals surface area contributed by atoms with Gasteiger partial charge in [-0.25, -0.2) is 14.4 Å². The Balaban J connectivity index is 1.73. The number of amides is 2. The molecule has 1 aromatic heterocycles. The molecule has 3 rings (SSSR count). The summed E-state index contributed by atoms with van der Waals surface area (Å²) in [5, 5.41) is 0. The summed E-state index contributed by atoms with van der Waals surface area (Å²) in [6, 6.07) is 7.81. The molecule has 1 aliphatic heterocycles. The van der Waals surface area contributed by atoms with E-state index in [2.05, 4.69) is 9.97 Å². The van der Waals surface area contributed by atoms with Gasteiger partial charge in [-0.2, -0.15) is 0 Å². The fourth-order valence-corrected chi connectivity index (χ4v) is 3.59. The van der Waals surface area contributed by atoms with Crippen molar-refractivity contribution in [2.24, 2.45) is 5.92 Å². The highest BCUT2D eigenvalue weighted by atomic mass is 19.1. The number of aromatic nitrogens is 2. The lowest BCUT2D eigenvalue weighted by Crippen LogP contribution is -2.41. The summed E-state index contributed by atoms with van der Waals surface area (Å²) in [5.74, 6) is -0.163. The molecule has 0 spiro atoms. The molecule has 0 radical (unpaired) electrons. The van der Waals surface area contributed by atoms with E-state index in [1.165, 1.54) is 17.0 Å². The molecule has 0 N–H and O–H groups in total. The summed E-state index contributed by atoms with van der Waals surface area (Å²) < 4.78 is 14.0. The van der Waals surface area contributed by atoms with Gasteiger partial charge in [0.1, 0.15) is 17.3 Å². The van der Waals surface area contributed by atoms with Crippen LogP contribution < -0.4 is 0 Å². The summed E-state index contributed by atoms with van der Waals surface area (Å²) in [7, 11) is 3.37. The second-order valence-corrected chi connectivity index (χ2v) is 7.43. The lowest BCUT2D eigenvalue weighted by molar-refractivity contribution is 0.0668. The number of aryl methyl sites for hydroxylation is 1. The zero-order chi connectivity index (χ0) is 20.3. The Labute approximate surface area is 164 Å². The molecule has 0 unspecified atom stereocenters. The van der Waals surface area contributed by atoms with Gasteiger partial charge in [-0.05, 0) is 50.3 Å². The normalized spacial score (nSPS) is 16.7. The molecule has 0 bridgehead atoms. The third-order valence-corrected chi connectivity index (χ3v) is 4.92. The highest BCUT2D eigenvalue weighted by Crippen LogP contribution is 2.23. The van der Waals surface area contributed by atoms with Crippen molar-refractivity contribution in [3.05, 3.63) is 58.9 Å². The van der Waals surface area contributed by atoms with Gasteiger partial charge in [0.15, 0.2) is 0 Å². The summed E-state index contributed by atoms with van der Waals surface area (Å²) >= 11 is 0. The highest BCUT2D eigenvalue weighted by molar-refractivity contribution is 5.94. The van der Waals surface area contributed by atoms with Gasteiger partial charge in [0.25, 0.3) is 11.8 Å². The van der Waals surface area contributed by atoms with Crippen LogP contribution in [0.25, 0.3) is 0 Å². The van der Waals surface area contributed by atoms with E-state index in [1.807, 2.05) is 0 Å². The summed E-state index contributed by atoms with van der Waals surface area (Å²) in [6.07, 6.45) is 2.47. The summed E-state index contributed by atoms with van der Waals surface area (Å²) in [5.41, 5.74) is 1.28. The molecule has 1 aliphatic rings. The molecule has 0 saturated carbocycles. The fourth-order valence-electron chi connectivity index (χ4n) is 3.59. The average Bonchev–Trinajstić information content (AvgIpc) is 2.67. The van der Waals surface area contributed by atoms with E-state index in [0.717, 1.165) is 18.5 Å². The van der Waals surface area contributed by atoms with Crippen LogP contribution in [0.15, 0.2) is 30.3 Å².